The third-order valence-corrected chi connectivity index (χ3v) is 12.8. The minimum absolute atomic E-state index is 0.0502. The SMILES string of the molecule is COP(=S)(OC)SCN1C(=O)c2ccccc2C1=O.C[Si](C)C(C)(C)C. The Morgan fingerprint density at radius 1 is 1.08 bits per heavy atom. The van der Waals surface area contributed by atoms with Crippen LogP contribution in [0.5, 0.6) is 0 Å². The molecule has 5 nitrogen and oxygen atoms in total. The Morgan fingerprint density at radius 2 is 1.46 bits per heavy atom. The first-order valence-electron chi connectivity index (χ1n) is 8.08. The van der Waals surface area contributed by atoms with E-state index in [1.165, 1.54) is 14.2 Å². The smallest absolute Gasteiger partial charge is 0.262 e. The second-order valence-corrected chi connectivity index (χ2v) is 16.9. The van der Waals surface area contributed by atoms with Gasteiger partial charge in [-0.25, -0.2) is 0 Å². The molecule has 0 atom stereocenters. The van der Waals surface area contributed by atoms with Gasteiger partial charge in [0.2, 0.25) is 5.69 Å². The topological polar surface area (TPSA) is 55.8 Å². The van der Waals surface area contributed by atoms with E-state index < -0.39 is 5.69 Å². The first-order valence-corrected chi connectivity index (χ1v) is 14.8. The van der Waals surface area contributed by atoms with Crippen molar-refractivity contribution >= 4 is 49.5 Å². The van der Waals surface area contributed by atoms with Gasteiger partial charge in [0, 0.05) is 23.0 Å². The highest BCUT2D eigenvalue weighted by molar-refractivity contribution is 8.67. The summed E-state index contributed by atoms with van der Waals surface area (Å²) in [5.74, 6) is -0.477. The molecule has 1 aromatic rings. The molecular weight excluding hydrogens is 405 g/mol. The van der Waals surface area contributed by atoms with E-state index in [1.807, 2.05) is 0 Å². The van der Waals surface area contributed by atoms with Gasteiger partial charge < -0.3 is 9.05 Å². The lowest BCUT2D eigenvalue weighted by molar-refractivity contribution is 0.0684. The highest BCUT2D eigenvalue weighted by Crippen LogP contribution is 2.60. The van der Waals surface area contributed by atoms with Crippen molar-refractivity contribution in [2.75, 3.05) is 20.1 Å². The molecule has 1 heterocycles. The van der Waals surface area contributed by atoms with Crippen LogP contribution >= 0.6 is 17.1 Å². The molecule has 0 unspecified atom stereocenters. The Labute approximate surface area is 167 Å². The van der Waals surface area contributed by atoms with Gasteiger partial charge in [-0.05, 0) is 40.4 Å². The maximum atomic E-state index is 12.1. The van der Waals surface area contributed by atoms with Crippen LogP contribution in [0.15, 0.2) is 24.3 Å². The normalized spacial score (nSPS) is 14.4. The number of carbonyl (C=O) groups excluding carboxylic acids is 2. The van der Waals surface area contributed by atoms with Gasteiger partial charge in [0.15, 0.2) is 0 Å². The van der Waals surface area contributed by atoms with Gasteiger partial charge in [0.1, 0.15) is 0 Å². The molecule has 0 N–H and O–H groups in total. The van der Waals surface area contributed by atoms with Crippen LogP contribution in [0.1, 0.15) is 41.5 Å². The van der Waals surface area contributed by atoms with Crippen LogP contribution < -0.4 is 0 Å². The van der Waals surface area contributed by atoms with Gasteiger partial charge in [-0.3, -0.25) is 14.5 Å². The fraction of sp³-hybridized carbons (Fsp3) is 0.529. The third kappa shape index (κ3) is 6.01. The maximum Gasteiger partial charge on any atom is 0.262 e. The highest BCUT2D eigenvalue weighted by atomic mass is 32.9. The van der Waals surface area contributed by atoms with Crippen molar-refractivity contribution in [2.45, 2.75) is 38.9 Å². The van der Waals surface area contributed by atoms with Crippen LogP contribution in [0, 0.1) is 0 Å². The fourth-order valence-corrected chi connectivity index (χ4v) is 4.34. The van der Waals surface area contributed by atoms with E-state index in [0.717, 1.165) is 16.3 Å². The second kappa shape index (κ2) is 9.62. The van der Waals surface area contributed by atoms with Crippen molar-refractivity contribution in [3.8, 4) is 0 Å². The van der Waals surface area contributed by atoms with Crippen molar-refractivity contribution in [2.24, 2.45) is 0 Å². The third-order valence-electron chi connectivity index (χ3n) is 4.17. The van der Waals surface area contributed by atoms with E-state index in [0.29, 0.717) is 16.2 Å². The number of carbonyl (C=O) groups is 2. The van der Waals surface area contributed by atoms with Crippen molar-refractivity contribution in [1.29, 1.82) is 0 Å². The Kier molecular flexibility index (Phi) is 8.71. The molecule has 1 aliphatic heterocycles. The Morgan fingerprint density at radius 3 is 1.77 bits per heavy atom. The Hall–Kier alpha value is -0.503. The van der Waals surface area contributed by atoms with E-state index >= 15 is 0 Å². The van der Waals surface area contributed by atoms with Gasteiger partial charge in [-0.1, -0.05) is 46.0 Å². The van der Waals surface area contributed by atoms with E-state index in [-0.39, 0.29) is 26.5 Å². The minimum atomic E-state index is -2.48. The predicted molar refractivity (Wildman–Crippen MR) is 115 cm³/mol. The molecule has 0 saturated carbocycles. The molecule has 0 fully saturated rings. The van der Waals surface area contributed by atoms with Crippen LogP contribution in [0.2, 0.25) is 18.1 Å². The van der Waals surface area contributed by atoms with Crippen LogP contribution in [-0.2, 0) is 20.9 Å². The summed E-state index contributed by atoms with van der Waals surface area (Å²) in [4.78, 5) is 25.3. The molecule has 0 bridgehead atoms. The minimum Gasteiger partial charge on any atom is -0.325 e. The molecule has 0 aromatic heterocycles. The fourth-order valence-electron chi connectivity index (χ4n) is 1.66. The average molecular weight is 433 g/mol. The van der Waals surface area contributed by atoms with Gasteiger partial charge in [-0.2, -0.15) is 0 Å². The molecule has 0 aliphatic carbocycles. The summed E-state index contributed by atoms with van der Waals surface area (Å²) < 4.78 is 10.2. The summed E-state index contributed by atoms with van der Waals surface area (Å²) in [7, 11) is 2.87. The summed E-state index contributed by atoms with van der Waals surface area (Å²) in [5, 5.41) is 0.602. The van der Waals surface area contributed by atoms with E-state index in [4.69, 9.17) is 20.9 Å². The molecule has 0 spiro atoms. The second-order valence-electron chi connectivity index (χ2n) is 6.90. The van der Waals surface area contributed by atoms with Crippen molar-refractivity contribution in [1.82, 2.24) is 4.90 Å². The Bertz CT molecular complexity index is 663. The predicted octanol–water partition coefficient (Wildman–Crippen LogP) is 5.03. The highest BCUT2D eigenvalue weighted by Gasteiger charge is 2.36. The van der Waals surface area contributed by atoms with Crippen LogP contribution in [-0.4, -0.2) is 45.6 Å². The largest absolute Gasteiger partial charge is 0.325 e. The number of nitrogens with zero attached hydrogens (tertiary/aromatic N) is 1. The molecule has 1 radical (unpaired) electrons. The van der Waals surface area contributed by atoms with Gasteiger partial charge in [0.05, 0.1) is 17.0 Å². The number of hydrogen-bond donors (Lipinski definition) is 0. The monoisotopic (exact) mass is 432 g/mol. The van der Waals surface area contributed by atoms with Crippen molar-refractivity contribution < 1.29 is 18.6 Å². The first-order chi connectivity index (χ1) is 12.0. The number of benzene rings is 1. The lowest BCUT2D eigenvalue weighted by atomic mass is 10.1. The maximum absolute atomic E-state index is 12.1. The number of imide groups is 1. The zero-order valence-corrected chi connectivity index (χ0v) is 19.9. The van der Waals surface area contributed by atoms with Gasteiger partial charge in [-0.15, -0.1) is 0 Å². The number of hydrogen-bond acceptors (Lipinski definition) is 6. The molecule has 1 aliphatic rings. The molecule has 1 aromatic carbocycles. The summed E-state index contributed by atoms with van der Waals surface area (Å²) >= 11 is 6.35. The molecular formula is C17H27NO4PS2Si. The first kappa shape index (κ1) is 23.5. The zero-order valence-electron chi connectivity index (χ0n) is 16.4. The quantitative estimate of drug-likeness (QED) is 0.369. The molecule has 0 saturated heterocycles. The summed E-state index contributed by atoms with van der Waals surface area (Å²) in [5.41, 5.74) is -1.62. The van der Waals surface area contributed by atoms with Crippen LogP contribution in [0.3, 0.4) is 0 Å². The lowest BCUT2D eigenvalue weighted by Crippen LogP contribution is -2.29. The van der Waals surface area contributed by atoms with Crippen molar-refractivity contribution in [3.63, 3.8) is 0 Å². The Balaban J connectivity index is 0.000000412. The van der Waals surface area contributed by atoms with Crippen molar-refractivity contribution in [3.05, 3.63) is 35.4 Å². The van der Waals surface area contributed by atoms with E-state index in [2.05, 4.69) is 33.9 Å². The van der Waals surface area contributed by atoms with Gasteiger partial charge >= 0.3 is 0 Å². The van der Waals surface area contributed by atoms with E-state index in [1.54, 1.807) is 24.3 Å². The summed E-state index contributed by atoms with van der Waals surface area (Å²) in [6, 6.07) is 6.75. The summed E-state index contributed by atoms with van der Waals surface area (Å²) in [6.07, 6.45) is 0. The number of rotatable bonds is 5. The average Bonchev–Trinajstić information content (AvgIpc) is 2.84. The zero-order chi connectivity index (χ0) is 20.1. The summed E-state index contributed by atoms with van der Waals surface area (Å²) in [6.45, 7) is 11.6. The molecule has 145 valence electrons. The van der Waals surface area contributed by atoms with E-state index in [9.17, 15) is 9.59 Å². The number of fused-ring (bicyclic) bond motifs is 1. The molecule has 26 heavy (non-hydrogen) atoms. The van der Waals surface area contributed by atoms with Gasteiger partial charge in [0.25, 0.3) is 11.8 Å². The number of amides is 2. The molecule has 2 amide bonds. The molecule has 2 rings (SSSR count). The molecule has 9 heteroatoms. The van der Waals surface area contributed by atoms with Crippen LogP contribution in [0.25, 0.3) is 0 Å². The standard InChI is InChI=1S/C11H12NO4PS2.C6H15Si/c1-15-17(18,16-2)19-7-12-10(13)8-5-3-4-6-9(8)11(12)14;1-6(2,3)7(4)5/h3-6H,7H2,1-2H3;1-5H3. The van der Waals surface area contributed by atoms with Crippen LogP contribution in [0.4, 0.5) is 0 Å². The lowest BCUT2D eigenvalue weighted by Gasteiger charge is -2.20.